The van der Waals surface area contributed by atoms with E-state index in [1.165, 1.54) is 0 Å². The van der Waals surface area contributed by atoms with Crippen LogP contribution < -0.4 is 0 Å². The summed E-state index contributed by atoms with van der Waals surface area (Å²) in [5, 5.41) is 0. The van der Waals surface area contributed by atoms with E-state index in [1.54, 1.807) is 0 Å². The van der Waals surface area contributed by atoms with Crippen LogP contribution in [-0.2, 0) is 0 Å². The molecule has 0 heterocycles. The van der Waals surface area contributed by atoms with Gasteiger partial charge in [0.05, 0.1) is 0 Å². The highest BCUT2D eigenvalue weighted by Gasteiger charge is 1.91. The summed E-state index contributed by atoms with van der Waals surface area (Å²) in [6.07, 6.45) is 0.819. The first-order valence-corrected chi connectivity index (χ1v) is 3.28. The Morgan fingerprint density at radius 2 is 2.00 bits per heavy atom. The van der Waals surface area contributed by atoms with E-state index in [-0.39, 0.29) is 4.84 Å². The average Bonchev–Trinajstić information content (AvgIpc) is 1.35. The fraction of sp³-hybridized carbons (Fsp3) is 1.00. The van der Waals surface area contributed by atoms with Crippen molar-refractivity contribution in [1.82, 2.24) is 0 Å². The lowest BCUT2D eigenvalue weighted by atomic mass is 10.6. The zero-order valence-electron chi connectivity index (χ0n) is 3.25. The largest absolute Gasteiger partial charge is 0.107 e. The number of hydrogen-bond donors (Lipinski definition) is 0. The molecule has 0 N–H and O–H groups in total. The summed E-state index contributed by atoms with van der Waals surface area (Å²) in [6.45, 7) is 0. The van der Waals surface area contributed by atoms with Gasteiger partial charge < -0.3 is 0 Å². The average molecular weight is 140 g/mol. The van der Waals surface area contributed by atoms with Gasteiger partial charge in [0.2, 0.25) is 0 Å². The van der Waals surface area contributed by atoms with Crippen molar-refractivity contribution in [2.75, 3.05) is 0 Å². The van der Waals surface area contributed by atoms with Gasteiger partial charge in [-0.2, -0.15) is 0 Å². The summed E-state index contributed by atoms with van der Waals surface area (Å²) >= 11 is 10.6. The first-order valence-electron chi connectivity index (χ1n) is 1.70. The fourth-order valence-electron chi connectivity index (χ4n) is 0.109. The van der Waals surface area contributed by atoms with Crippen molar-refractivity contribution in [3.05, 3.63) is 0 Å². The molecule has 0 bridgehead atoms. The molecule has 3 radical (unpaired) electrons. The van der Waals surface area contributed by atoms with Crippen LogP contribution in [0.5, 0.6) is 0 Å². The molecule has 0 rings (SSSR count). The van der Waals surface area contributed by atoms with Crippen molar-refractivity contribution in [2.24, 2.45) is 0 Å². The third-order valence-corrected chi connectivity index (χ3v) is 1.09. The van der Waals surface area contributed by atoms with E-state index in [9.17, 15) is 0 Å². The first-order chi connectivity index (χ1) is 2.77. The van der Waals surface area contributed by atoms with E-state index in [0.717, 1.165) is 12.5 Å². The molecule has 0 nitrogen and oxygen atoms in total. The quantitative estimate of drug-likeness (QED) is 0.405. The number of alkyl halides is 2. The maximum Gasteiger partial charge on any atom is 0.107 e. The van der Waals surface area contributed by atoms with Gasteiger partial charge in [0.15, 0.2) is 0 Å². The van der Waals surface area contributed by atoms with Crippen LogP contribution in [0.2, 0.25) is 6.04 Å². The second kappa shape index (κ2) is 3.97. The van der Waals surface area contributed by atoms with Crippen LogP contribution in [0.3, 0.4) is 0 Å². The lowest BCUT2D eigenvalue weighted by molar-refractivity contribution is 1.03. The Balaban J connectivity index is 2.63. The molecule has 0 aliphatic rings. The summed E-state index contributed by atoms with van der Waals surface area (Å²) < 4.78 is 0. The van der Waals surface area contributed by atoms with Crippen molar-refractivity contribution >= 4 is 33.4 Å². The lowest BCUT2D eigenvalue weighted by Crippen LogP contribution is -1.82. The normalized spacial score (nSPS) is 10.0. The van der Waals surface area contributed by atoms with Gasteiger partial charge in [-0.15, -0.1) is 23.2 Å². The van der Waals surface area contributed by atoms with E-state index >= 15 is 0 Å². The van der Waals surface area contributed by atoms with E-state index in [2.05, 4.69) is 10.2 Å². The molecule has 6 heavy (non-hydrogen) atoms. The van der Waals surface area contributed by atoms with Gasteiger partial charge in [-0.3, -0.25) is 0 Å². The molecule has 0 amide bonds. The molecule has 0 saturated carbocycles. The van der Waals surface area contributed by atoms with E-state index in [4.69, 9.17) is 23.2 Å². The molecule has 0 aromatic rings. The maximum atomic E-state index is 5.31. The minimum absolute atomic E-state index is 0.206. The van der Waals surface area contributed by atoms with Gasteiger partial charge in [0.25, 0.3) is 0 Å². The molecule has 3 heteroatoms. The van der Waals surface area contributed by atoms with Crippen LogP contribution in [0, 0.1) is 0 Å². The Morgan fingerprint density at radius 3 is 2.00 bits per heavy atom. The highest BCUT2D eigenvalue weighted by atomic mass is 35.5. The van der Waals surface area contributed by atoms with Gasteiger partial charge in [-0.05, 0) is 6.42 Å². The van der Waals surface area contributed by atoms with Crippen molar-refractivity contribution in [3.63, 3.8) is 0 Å². The number of rotatable bonds is 2. The van der Waals surface area contributed by atoms with Crippen LogP contribution in [0.15, 0.2) is 0 Å². The van der Waals surface area contributed by atoms with Crippen molar-refractivity contribution < 1.29 is 0 Å². The molecular weight excluding hydrogens is 135 g/mol. The molecule has 0 aliphatic heterocycles. The van der Waals surface area contributed by atoms with Gasteiger partial charge in [0.1, 0.15) is 4.84 Å². The van der Waals surface area contributed by atoms with Crippen molar-refractivity contribution in [2.45, 2.75) is 17.3 Å². The topological polar surface area (TPSA) is 0 Å². The molecule has 0 aromatic heterocycles. The van der Waals surface area contributed by atoms with E-state index in [1.807, 2.05) is 0 Å². The second-order valence-electron chi connectivity index (χ2n) is 0.930. The Morgan fingerprint density at radius 1 is 1.50 bits per heavy atom. The summed E-state index contributed by atoms with van der Waals surface area (Å²) in [4.78, 5) is -0.206. The van der Waals surface area contributed by atoms with Crippen LogP contribution in [0.4, 0.5) is 0 Å². The van der Waals surface area contributed by atoms with Crippen LogP contribution in [0.25, 0.3) is 0 Å². The highest BCUT2D eigenvalue weighted by molar-refractivity contribution is 6.44. The zero-order valence-corrected chi connectivity index (χ0v) is 5.76. The maximum absolute atomic E-state index is 5.31. The zero-order chi connectivity index (χ0) is 4.99. The molecule has 0 spiro atoms. The standard InChI is InChI=1S/C3H5Cl2Si/c4-3(5)1-2-6/h3H,1-2H2. The summed E-state index contributed by atoms with van der Waals surface area (Å²) in [5.74, 6) is 0. The third kappa shape index (κ3) is 4.80. The van der Waals surface area contributed by atoms with Gasteiger partial charge in [-0.25, -0.2) is 0 Å². The van der Waals surface area contributed by atoms with Gasteiger partial charge >= 0.3 is 0 Å². The third-order valence-electron chi connectivity index (χ3n) is 0.363. The molecule has 0 unspecified atom stereocenters. The van der Waals surface area contributed by atoms with Crippen LogP contribution >= 0.6 is 23.2 Å². The molecule has 0 atom stereocenters. The summed E-state index contributed by atoms with van der Waals surface area (Å²) in [5.41, 5.74) is 0. The smallest absolute Gasteiger partial charge is 0.105 e. The van der Waals surface area contributed by atoms with Crippen LogP contribution in [0.1, 0.15) is 6.42 Å². The molecule has 0 aromatic carbocycles. The Labute approximate surface area is 51.2 Å². The molecule has 35 valence electrons. The highest BCUT2D eigenvalue weighted by Crippen LogP contribution is 2.07. The Kier molecular flexibility index (Phi) is 4.50. The molecule has 0 fully saturated rings. The van der Waals surface area contributed by atoms with Crippen molar-refractivity contribution in [3.8, 4) is 0 Å². The van der Waals surface area contributed by atoms with Crippen molar-refractivity contribution in [1.29, 1.82) is 0 Å². The first kappa shape index (κ1) is 6.80. The Bertz CT molecular complexity index is 30.0. The fourth-order valence-corrected chi connectivity index (χ4v) is 0.982. The van der Waals surface area contributed by atoms with Crippen LogP contribution in [-0.4, -0.2) is 15.1 Å². The number of halogens is 2. The molecule has 0 saturated heterocycles. The predicted molar refractivity (Wildman–Crippen MR) is 30.7 cm³/mol. The summed E-state index contributed by atoms with van der Waals surface area (Å²) in [7, 11) is 3.22. The minimum atomic E-state index is -0.206. The van der Waals surface area contributed by atoms with E-state index < -0.39 is 0 Å². The SMILES string of the molecule is [Si]CCC(Cl)Cl. The predicted octanol–water partition coefficient (Wildman–Crippen LogP) is 1.77. The van der Waals surface area contributed by atoms with Gasteiger partial charge in [-0.1, -0.05) is 6.04 Å². The molecular formula is C3H5Cl2Si. The molecule has 0 aliphatic carbocycles. The lowest BCUT2D eigenvalue weighted by Gasteiger charge is -1.90. The Hall–Kier alpha value is 0.797. The summed E-state index contributed by atoms with van der Waals surface area (Å²) in [6, 6.07) is 0.873. The number of hydrogen-bond acceptors (Lipinski definition) is 0. The monoisotopic (exact) mass is 139 g/mol. The van der Waals surface area contributed by atoms with Gasteiger partial charge in [0, 0.05) is 10.2 Å². The second-order valence-corrected chi connectivity index (χ2v) is 2.71. The van der Waals surface area contributed by atoms with E-state index in [0.29, 0.717) is 0 Å². The minimum Gasteiger partial charge on any atom is -0.105 e.